The van der Waals surface area contributed by atoms with Crippen LogP contribution >= 0.6 is 0 Å². The predicted molar refractivity (Wildman–Crippen MR) is 113 cm³/mol. The average molecular weight is 393 g/mol. The normalized spacial score (nSPS) is 11.8. The van der Waals surface area contributed by atoms with Gasteiger partial charge in [-0.1, -0.05) is 24.3 Å². The molecule has 1 atom stereocenters. The summed E-state index contributed by atoms with van der Waals surface area (Å²) in [6.07, 6.45) is 5.36. The molecular weight excluding hydrogens is 364 g/mol. The number of aryl methyl sites for hydroxylation is 1. The highest BCUT2D eigenvalue weighted by molar-refractivity contribution is 5.76. The molecule has 1 aromatic heterocycles. The summed E-state index contributed by atoms with van der Waals surface area (Å²) >= 11 is 0. The molecule has 0 aliphatic rings. The molecule has 0 saturated heterocycles. The Morgan fingerprint density at radius 2 is 1.97 bits per heavy atom. The molecule has 6 nitrogen and oxygen atoms in total. The maximum atomic E-state index is 12.6. The van der Waals surface area contributed by atoms with Gasteiger partial charge in [0.05, 0.1) is 18.3 Å². The standard InChI is InChI=1S/C23H28N4O2/c1-18-7-6-8-22(15-18)29-14-5-4-9-23(28)26(3)19(2)20-10-12-21(13-11-20)27-17-24-16-25-27/h6-8,10-13,15-17,19H,4-5,9,14H2,1-3H3. The molecule has 29 heavy (non-hydrogen) atoms. The molecule has 0 radical (unpaired) electrons. The van der Waals surface area contributed by atoms with Gasteiger partial charge in [-0.2, -0.15) is 5.10 Å². The van der Waals surface area contributed by atoms with E-state index in [-0.39, 0.29) is 11.9 Å². The Morgan fingerprint density at radius 3 is 2.66 bits per heavy atom. The molecule has 6 heteroatoms. The van der Waals surface area contributed by atoms with Crippen LogP contribution in [-0.2, 0) is 4.79 Å². The van der Waals surface area contributed by atoms with Gasteiger partial charge in [0.1, 0.15) is 18.4 Å². The summed E-state index contributed by atoms with van der Waals surface area (Å²) in [6, 6.07) is 16.1. The highest BCUT2D eigenvalue weighted by atomic mass is 16.5. The van der Waals surface area contributed by atoms with Gasteiger partial charge in [-0.05, 0) is 62.1 Å². The second-order valence-electron chi connectivity index (χ2n) is 7.23. The molecule has 1 unspecified atom stereocenters. The van der Waals surface area contributed by atoms with E-state index in [1.165, 1.54) is 11.9 Å². The number of rotatable bonds is 9. The van der Waals surface area contributed by atoms with E-state index in [2.05, 4.69) is 10.1 Å². The second-order valence-corrected chi connectivity index (χ2v) is 7.23. The summed E-state index contributed by atoms with van der Waals surface area (Å²) in [7, 11) is 1.86. The molecule has 2 aromatic carbocycles. The number of carbonyl (C=O) groups excluding carboxylic acids is 1. The first kappa shape index (κ1) is 20.6. The van der Waals surface area contributed by atoms with Crippen LogP contribution in [0.3, 0.4) is 0 Å². The highest BCUT2D eigenvalue weighted by Crippen LogP contribution is 2.21. The summed E-state index contributed by atoms with van der Waals surface area (Å²) in [5, 5.41) is 4.13. The second kappa shape index (κ2) is 9.87. The summed E-state index contributed by atoms with van der Waals surface area (Å²) in [5.74, 6) is 1.03. The Morgan fingerprint density at radius 1 is 1.17 bits per heavy atom. The van der Waals surface area contributed by atoms with Gasteiger partial charge in [-0.25, -0.2) is 9.67 Å². The molecule has 1 heterocycles. The first-order valence-electron chi connectivity index (χ1n) is 9.94. The molecule has 0 N–H and O–H groups in total. The van der Waals surface area contributed by atoms with Gasteiger partial charge in [-0.3, -0.25) is 4.79 Å². The van der Waals surface area contributed by atoms with Crippen molar-refractivity contribution < 1.29 is 9.53 Å². The van der Waals surface area contributed by atoms with Gasteiger partial charge < -0.3 is 9.64 Å². The van der Waals surface area contributed by atoms with Crippen LogP contribution in [0.5, 0.6) is 5.75 Å². The van der Waals surface area contributed by atoms with Crippen molar-refractivity contribution >= 4 is 5.91 Å². The Kier molecular flexibility index (Phi) is 7.00. The Hall–Kier alpha value is -3.15. The number of amides is 1. The largest absolute Gasteiger partial charge is 0.494 e. The molecule has 0 bridgehead atoms. The zero-order valence-electron chi connectivity index (χ0n) is 17.3. The molecule has 3 rings (SSSR count). The van der Waals surface area contributed by atoms with Crippen molar-refractivity contribution in [2.24, 2.45) is 0 Å². The topological polar surface area (TPSA) is 60.2 Å². The fourth-order valence-electron chi connectivity index (χ4n) is 3.14. The molecule has 0 spiro atoms. The fraction of sp³-hybridized carbons (Fsp3) is 0.348. The first-order valence-corrected chi connectivity index (χ1v) is 9.94. The zero-order chi connectivity index (χ0) is 20.6. The van der Waals surface area contributed by atoms with Gasteiger partial charge in [0, 0.05) is 13.5 Å². The quantitative estimate of drug-likeness (QED) is 0.508. The van der Waals surface area contributed by atoms with Crippen LogP contribution in [0.1, 0.15) is 43.4 Å². The maximum Gasteiger partial charge on any atom is 0.222 e. The highest BCUT2D eigenvalue weighted by Gasteiger charge is 2.17. The summed E-state index contributed by atoms with van der Waals surface area (Å²) < 4.78 is 7.46. The van der Waals surface area contributed by atoms with E-state index in [0.717, 1.165) is 29.8 Å². The van der Waals surface area contributed by atoms with Gasteiger partial charge >= 0.3 is 0 Å². The van der Waals surface area contributed by atoms with Crippen LogP contribution < -0.4 is 4.74 Å². The monoisotopic (exact) mass is 392 g/mol. The number of ether oxygens (including phenoxy) is 1. The number of benzene rings is 2. The summed E-state index contributed by atoms with van der Waals surface area (Å²) in [6.45, 7) is 4.72. The molecule has 0 fully saturated rings. The van der Waals surface area contributed by atoms with Crippen molar-refractivity contribution in [2.45, 2.75) is 39.2 Å². The third-order valence-electron chi connectivity index (χ3n) is 5.08. The van der Waals surface area contributed by atoms with E-state index in [9.17, 15) is 4.79 Å². The van der Waals surface area contributed by atoms with Crippen molar-refractivity contribution in [1.82, 2.24) is 19.7 Å². The SMILES string of the molecule is Cc1cccc(OCCCCC(=O)N(C)C(C)c2ccc(-n3cncn3)cc2)c1. The van der Waals surface area contributed by atoms with Crippen molar-refractivity contribution in [3.63, 3.8) is 0 Å². The van der Waals surface area contributed by atoms with Crippen LogP contribution in [0.4, 0.5) is 0 Å². The van der Waals surface area contributed by atoms with Gasteiger partial charge in [0.25, 0.3) is 0 Å². The number of unbranched alkanes of at least 4 members (excludes halogenated alkanes) is 1. The average Bonchev–Trinajstić information content (AvgIpc) is 3.27. The van der Waals surface area contributed by atoms with E-state index in [4.69, 9.17) is 4.74 Å². The number of aromatic nitrogens is 3. The zero-order valence-corrected chi connectivity index (χ0v) is 17.3. The van der Waals surface area contributed by atoms with Crippen molar-refractivity contribution in [3.05, 3.63) is 72.3 Å². The Bertz CT molecular complexity index is 907. The Labute approximate surface area is 172 Å². The molecule has 0 aliphatic carbocycles. The van der Waals surface area contributed by atoms with Crippen molar-refractivity contribution in [1.29, 1.82) is 0 Å². The number of hydrogen-bond donors (Lipinski definition) is 0. The lowest BCUT2D eigenvalue weighted by atomic mass is 10.1. The lowest BCUT2D eigenvalue weighted by Crippen LogP contribution is -2.29. The maximum absolute atomic E-state index is 12.6. The van der Waals surface area contributed by atoms with Crippen LogP contribution in [-0.4, -0.2) is 39.2 Å². The van der Waals surface area contributed by atoms with Crippen molar-refractivity contribution in [2.75, 3.05) is 13.7 Å². The van der Waals surface area contributed by atoms with Crippen LogP contribution in [0.15, 0.2) is 61.2 Å². The smallest absolute Gasteiger partial charge is 0.222 e. The van der Waals surface area contributed by atoms with Crippen molar-refractivity contribution in [3.8, 4) is 11.4 Å². The number of nitrogens with zero attached hydrogens (tertiary/aromatic N) is 4. The molecule has 1 amide bonds. The summed E-state index contributed by atoms with van der Waals surface area (Å²) in [4.78, 5) is 18.3. The third kappa shape index (κ3) is 5.67. The van der Waals surface area contributed by atoms with E-state index in [0.29, 0.717) is 13.0 Å². The molecule has 3 aromatic rings. The number of carbonyl (C=O) groups is 1. The Balaban J connectivity index is 1.43. The summed E-state index contributed by atoms with van der Waals surface area (Å²) in [5.41, 5.74) is 3.22. The van der Waals surface area contributed by atoms with E-state index in [1.807, 2.05) is 74.3 Å². The minimum absolute atomic E-state index is 0.0100. The lowest BCUT2D eigenvalue weighted by molar-refractivity contribution is -0.131. The van der Waals surface area contributed by atoms with Crippen LogP contribution in [0, 0.1) is 6.92 Å². The fourth-order valence-corrected chi connectivity index (χ4v) is 3.14. The van der Waals surface area contributed by atoms with Gasteiger partial charge in [-0.15, -0.1) is 0 Å². The number of hydrogen-bond acceptors (Lipinski definition) is 4. The van der Waals surface area contributed by atoms with E-state index >= 15 is 0 Å². The third-order valence-corrected chi connectivity index (χ3v) is 5.08. The van der Waals surface area contributed by atoms with Gasteiger partial charge in [0.15, 0.2) is 0 Å². The molecular formula is C23H28N4O2. The van der Waals surface area contributed by atoms with Crippen LogP contribution in [0.25, 0.3) is 5.69 Å². The van der Waals surface area contributed by atoms with E-state index < -0.39 is 0 Å². The minimum atomic E-state index is 0.0100. The molecule has 0 aliphatic heterocycles. The first-order chi connectivity index (χ1) is 14.0. The lowest BCUT2D eigenvalue weighted by Gasteiger charge is -2.25. The van der Waals surface area contributed by atoms with Gasteiger partial charge in [0.2, 0.25) is 5.91 Å². The minimum Gasteiger partial charge on any atom is -0.494 e. The predicted octanol–water partition coefficient (Wildman–Crippen LogP) is 4.34. The molecule has 0 saturated carbocycles. The molecule has 152 valence electrons. The van der Waals surface area contributed by atoms with Crippen LogP contribution in [0.2, 0.25) is 0 Å². The van der Waals surface area contributed by atoms with E-state index in [1.54, 1.807) is 11.0 Å².